The molecule has 0 spiro atoms. The summed E-state index contributed by atoms with van der Waals surface area (Å²) in [6, 6.07) is 0. The molecule has 3 nitrogen and oxygen atoms in total. The molecule has 0 radical (unpaired) electrons. The Bertz CT molecular complexity index is 166. The Labute approximate surface area is 77.0 Å². The van der Waals surface area contributed by atoms with Gasteiger partial charge in [-0.15, -0.1) is 0 Å². The van der Waals surface area contributed by atoms with E-state index in [1.54, 1.807) is 6.92 Å². The van der Waals surface area contributed by atoms with Gasteiger partial charge < -0.3 is 9.84 Å². The van der Waals surface area contributed by atoms with Gasteiger partial charge in [0.15, 0.2) is 0 Å². The summed E-state index contributed by atoms with van der Waals surface area (Å²) in [5.74, 6) is -0.400. The van der Waals surface area contributed by atoms with Gasteiger partial charge in [0.25, 0.3) is 0 Å². The van der Waals surface area contributed by atoms with E-state index in [0.29, 0.717) is 25.0 Å². The lowest BCUT2D eigenvalue weighted by molar-refractivity contribution is -0.139. The smallest absolute Gasteiger partial charge is 0.334 e. The molecule has 0 aliphatic heterocycles. The van der Waals surface area contributed by atoms with Crippen molar-refractivity contribution in [2.45, 2.75) is 19.8 Å². The molecule has 0 aromatic heterocycles. The van der Waals surface area contributed by atoms with Gasteiger partial charge in [-0.05, 0) is 19.8 Å². The van der Waals surface area contributed by atoms with Gasteiger partial charge >= 0.3 is 5.97 Å². The molecular weight excluding hydrogens is 180 g/mol. The van der Waals surface area contributed by atoms with Crippen LogP contribution in [0.15, 0.2) is 11.1 Å². The number of esters is 1. The van der Waals surface area contributed by atoms with Crippen molar-refractivity contribution in [1.29, 1.82) is 0 Å². The van der Waals surface area contributed by atoms with E-state index >= 15 is 0 Å². The predicted octanol–water partition coefficient (Wildman–Crippen LogP) is 1.44. The van der Waals surface area contributed by atoms with E-state index in [1.807, 2.05) is 0 Å². The van der Waals surface area contributed by atoms with Gasteiger partial charge in [-0.25, -0.2) is 4.79 Å². The van der Waals surface area contributed by atoms with Crippen molar-refractivity contribution < 1.29 is 14.6 Å². The number of aliphatic hydroxyl groups is 1. The summed E-state index contributed by atoms with van der Waals surface area (Å²) >= 11 is 5.28. The molecule has 12 heavy (non-hydrogen) atoms. The van der Waals surface area contributed by atoms with Crippen molar-refractivity contribution in [3.63, 3.8) is 0 Å². The number of unbranched alkanes of at least 4 members (excludes halogenated alkanes) is 1. The van der Waals surface area contributed by atoms with E-state index in [-0.39, 0.29) is 6.61 Å². The first-order chi connectivity index (χ1) is 5.72. The summed E-state index contributed by atoms with van der Waals surface area (Å²) in [4.78, 5) is 10.9. The van der Waals surface area contributed by atoms with Crippen LogP contribution in [0.5, 0.6) is 0 Å². The molecule has 1 N–H and O–H groups in total. The number of carbonyl (C=O) groups is 1. The minimum Gasteiger partial charge on any atom is -0.462 e. The standard InChI is InChI=1S/C8H13ClO3/c1-7(6-9)8(11)12-5-3-2-4-10/h6,10H,2-5H2,1H3. The minimum atomic E-state index is -0.400. The highest BCUT2D eigenvalue weighted by molar-refractivity contribution is 6.27. The zero-order chi connectivity index (χ0) is 9.40. The molecule has 0 amide bonds. The van der Waals surface area contributed by atoms with Crippen molar-refractivity contribution >= 4 is 17.6 Å². The molecule has 0 aliphatic carbocycles. The maximum Gasteiger partial charge on any atom is 0.334 e. The molecule has 70 valence electrons. The van der Waals surface area contributed by atoms with Crippen LogP contribution in [0.3, 0.4) is 0 Å². The van der Waals surface area contributed by atoms with Gasteiger partial charge in [-0.3, -0.25) is 0 Å². The largest absolute Gasteiger partial charge is 0.462 e. The summed E-state index contributed by atoms with van der Waals surface area (Å²) in [5.41, 5.74) is 1.58. The van der Waals surface area contributed by atoms with Crippen molar-refractivity contribution in [3.05, 3.63) is 11.1 Å². The monoisotopic (exact) mass is 192 g/mol. The molecule has 0 unspecified atom stereocenters. The fourth-order valence-corrected chi connectivity index (χ4v) is 0.626. The van der Waals surface area contributed by atoms with E-state index in [4.69, 9.17) is 21.4 Å². The number of aliphatic hydroxyl groups excluding tert-OH is 1. The number of carbonyl (C=O) groups excluding carboxylic acids is 1. The third-order valence-electron chi connectivity index (χ3n) is 1.27. The molecule has 0 aromatic rings. The molecule has 0 saturated heterocycles. The second-order valence-corrected chi connectivity index (χ2v) is 2.58. The number of halogens is 1. The van der Waals surface area contributed by atoms with Crippen LogP contribution in [0, 0.1) is 0 Å². The number of hydrogen-bond acceptors (Lipinski definition) is 3. The van der Waals surface area contributed by atoms with E-state index in [0.717, 1.165) is 0 Å². The summed E-state index contributed by atoms with van der Waals surface area (Å²) < 4.78 is 4.79. The van der Waals surface area contributed by atoms with E-state index < -0.39 is 5.97 Å². The average Bonchev–Trinajstić information content (AvgIpc) is 2.10. The Hall–Kier alpha value is -0.540. The van der Waals surface area contributed by atoms with Gasteiger partial charge in [-0.1, -0.05) is 11.6 Å². The van der Waals surface area contributed by atoms with Crippen LogP contribution in [0.25, 0.3) is 0 Å². The van der Waals surface area contributed by atoms with Gasteiger partial charge in [-0.2, -0.15) is 0 Å². The Morgan fingerprint density at radius 1 is 1.58 bits per heavy atom. The molecule has 0 saturated carbocycles. The highest BCUT2D eigenvalue weighted by Gasteiger charge is 2.03. The molecule has 4 heteroatoms. The first-order valence-corrected chi connectivity index (χ1v) is 4.21. The van der Waals surface area contributed by atoms with Gasteiger partial charge in [0.05, 0.1) is 6.61 Å². The molecule has 0 atom stereocenters. The Morgan fingerprint density at radius 2 is 2.25 bits per heavy atom. The van der Waals surface area contributed by atoms with Gasteiger partial charge in [0.2, 0.25) is 0 Å². The molecule has 0 aliphatic rings. The van der Waals surface area contributed by atoms with Crippen LogP contribution < -0.4 is 0 Å². The molecule has 0 aromatic carbocycles. The first kappa shape index (κ1) is 11.5. The van der Waals surface area contributed by atoms with Crippen LogP contribution in [0.4, 0.5) is 0 Å². The molecule has 0 bridgehead atoms. The van der Waals surface area contributed by atoms with Crippen molar-refractivity contribution in [2.24, 2.45) is 0 Å². The molecule has 0 fully saturated rings. The summed E-state index contributed by atoms with van der Waals surface area (Å²) in [6.45, 7) is 2.05. The SMILES string of the molecule is CC(=CCl)C(=O)OCCCCO. The second-order valence-electron chi connectivity index (χ2n) is 2.36. The number of ether oxygens (including phenoxy) is 1. The van der Waals surface area contributed by atoms with Crippen molar-refractivity contribution in [2.75, 3.05) is 13.2 Å². The third-order valence-corrected chi connectivity index (χ3v) is 1.60. The minimum absolute atomic E-state index is 0.127. The Balaban J connectivity index is 3.45. The van der Waals surface area contributed by atoms with Crippen molar-refractivity contribution in [1.82, 2.24) is 0 Å². The lowest BCUT2D eigenvalue weighted by Gasteiger charge is -2.02. The Kier molecular flexibility index (Phi) is 6.81. The van der Waals surface area contributed by atoms with Crippen LogP contribution in [0.1, 0.15) is 19.8 Å². The Morgan fingerprint density at radius 3 is 2.75 bits per heavy atom. The van der Waals surface area contributed by atoms with Crippen LogP contribution in [-0.4, -0.2) is 24.3 Å². The van der Waals surface area contributed by atoms with Gasteiger partial charge in [0.1, 0.15) is 0 Å². The highest BCUT2D eigenvalue weighted by Crippen LogP contribution is 1.99. The highest BCUT2D eigenvalue weighted by atomic mass is 35.5. The lowest BCUT2D eigenvalue weighted by Crippen LogP contribution is -2.06. The van der Waals surface area contributed by atoms with E-state index in [2.05, 4.69) is 0 Å². The van der Waals surface area contributed by atoms with Gasteiger partial charge in [0, 0.05) is 17.7 Å². The topological polar surface area (TPSA) is 46.5 Å². The summed E-state index contributed by atoms with van der Waals surface area (Å²) in [7, 11) is 0. The third kappa shape index (κ3) is 5.16. The average molecular weight is 193 g/mol. The number of hydrogen-bond donors (Lipinski definition) is 1. The number of rotatable bonds is 5. The quantitative estimate of drug-likeness (QED) is 0.408. The normalized spacial score (nSPS) is 11.4. The predicted molar refractivity (Wildman–Crippen MR) is 46.9 cm³/mol. The van der Waals surface area contributed by atoms with Crippen molar-refractivity contribution in [3.8, 4) is 0 Å². The maximum atomic E-state index is 10.9. The summed E-state index contributed by atoms with van der Waals surface area (Å²) in [5, 5.41) is 8.41. The fraction of sp³-hybridized carbons (Fsp3) is 0.625. The molecule has 0 heterocycles. The van der Waals surface area contributed by atoms with Crippen LogP contribution in [0.2, 0.25) is 0 Å². The van der Waals surface area contributed by atoms with E-state index in [1.165, 1.54) is 5.54 Å². The maximum absolute atomic E-state index is 10.9. The van der Waals surface area contributed by atoms with Crippen LogP contribution >= 0.6 is 11.6 Å². The molecular formula is C8H13ClO3. The summed E-state index contributed by atoms with van der Waals surface area (Å²) in [6.07, 6.45) is 1.33. The lowest BCUT2D eigenvalue weighted by atomic mass is 10.3. The van der Waals surface area contributed by atoms with E-state index in [9.17, 15) is 4.79 Å². The zero-order valence-electron chi connectivity index (χ0n) is 7.05. The first-order valence-electron chi connectivity index (χ1n) is 3.77. The fourth-order valence-electron chi connectivity index (χ4n) is 0.537. The zero-order valence-corrected chi connectivity index (χ0v) is 7.80. The van der Waals surface area contributed by atoms with Crippen LogP contribution in [-0.2, 0) is 9.53 Å². The second kappa shape index (κ2) is 7.13. The molecule has 0 rings (SSSR count).